The van der Waals surface area contributed by atoms with Crippen molar-refractivity contribution < 1.29 is 14.7 Å². The molecule has 0 aliphatic rings. The molecular weight excluding hydrogens is 426 g/mol. The lowest BCUT2D eigenvalue weighted by Crippen LogP contribution is -2.41. The Balaban J connectivity index is 2.04. The van der Waals surface area contributed by atoms with Crippen molar-refractivity contribution in [1.82, 2.24) is 23.3 Å². The van der Waals surface area contributed by atoms with Gasteiger partial charge in [0, 0.05) is 30.9 Å². The van der Waals surface area contributed by atoms with Gasteiger partial charge in [0.2, 0.25) is 0 Å². The molecule has 1 N–H and O–H groups in total. The summed E-state index contributed by atoms with van der Waals surface area (Å²) in [5.74, 6) is -0.293. The van der Waals surface area contributed by atoms with Crippen LogP contribution in [0.25, 0.3) is 22.1 Å². The third kappa shape index (κ3) is 2.98. The molecule has 0 saturated carbocycles. The number of carbonyl (C=O) groups excluding carboxylic acids is 1. The molecule has 0 saturated heterocycles. The van der Waals surface area contributed by atoms with E-state index in [-0.39, 0.29) is 41.6 Å². The van der Waals surface area contributed by atoms with E-state index in [1.807, 2.05) is 0 Å². The van der Waals surface area contributed by atoms with Gasteiger partial charge in [0.25, 0.3) is 5.56 Å². The van der Waals surface area contributed by atoms with E-state index in [9.17, 15) is 24.3 Å². The van der Waals surface area contributed by atoms with Gasteiger partial charge in [-0.05, 0) is 25.1 Å². The Bertz CT molecular complexity index is 1520. The van der Waals surface area contributed by atoms with Crippen molar-refractivity contribution in [3.63, 3.8) is 0 Å². The lowest BCUT2D eigenvalue weighted by molar-refractivity contribution is 0.100. The van der Waals surface area contributed by atoms with Crippen LogP contribution < -0.4 is 11.2 Å². The van der Waals surface area contributed by atoms with Crippen LogP contribution in [0.2, 0.25) is 5.02 Å². The third-order valence-corrected chi connectivity index (χ3v) is 5.58. The molecule has 0 aliphatic carbocycles. The molecule has 1 aromatic carbocycles. The van der Waals surface area contributed by atoms with Crippen LogP contribution in [-0.4, -0.2) is 40.2 Å². The fraction of sp³-hybridized carbons (Fsp3) is 0.250. The van der Waals surface area contributed by atoms with Crippen molar-refractivity contribution in [2.24, 2.45) is 7.05 Å². The number of benzene rings is 1. The topological polar surface area (TPSA) is 121 Å². The first-order chi connectivity index (χ1) is 14.7. The van der Waals surface area contributed by atoms with Crippen LogP contribution in [0.15, 0.2) is 33.9 Å². The van der Waals surface area contributed by atoms with E-state index in [2.05, 4.69) is 4.98 Å². The molecule has 0 bridgehead atoms. The highest BCUT2D eigenvalue weighted by Crippen LogP contribution is 2.27. The number of ketones is 1. The van der Waals surface area contributed by atoms with E-state index in [4.69, 9.17) is 11.6 Å². The van der Waals surface area contributed by atoms with Crippen LogP contribution in [0.4, 0.5) is 4.79 Å². The number of carbonyl (C=O) groups is 2. The zero-order chi connectivity index (χ0) is 22.6. The number of rotatable bonds is 4. The molecule has 0 unspecified atom stereocenters. The second-order valence-corrected chi connectivity index (χ2v) is 7.47. The molecule has 0 atom stereocenters. The molecule has 31 heavy (non-hydrogen) atoms. The zero-order valence-electron chi connectivity index (χ0n) is 16.9. The first-order valence-electron chi connectivity index (χ1n) is 9.40. The van der Waals surface area contributed by atoms with E-state index in [0.717, 1.165) is 9.13 Å². The summed E-state index contributed by atoms with van der Waals surface area (Å²) < 4.78 is 4.58. The molecule has 4 aromatic rings. The minimum Gasteiger partial charge on any atom is -0.464 e. The van der Waals surface area contributed by atoms with Crippen molar-refractivity contribution >= 4 is 45.5 Å². The zero-order valence-corrected chi connectivity index (χ0v) is 17.7. The Labute approximate surface area is 179 Å². The maximum absolute atomic E-state index is 13.2. The molecule has 0 radical (unpaired) electrons. The van der Waals surface area contributed by atoms with Gasteiger partial charge in [0.1, 0.15) is 0 Å². The summed E-state index contributed by atoms with van der Waals surface area (Å²) in [6, 6.07) is 6.38. The average molecular weight is 444 g/mol. The predicted octanol–water partition coefficient (Wildman–Crippen LogP) is 2.30. The lowest BCUT2D eigenvalue weighted by Gasteiger charge is -2.11. The number of hydrogen-bond donors (Lipinski definition) is 1. The number of hydrogen-bond acceptors (Lipinski definition) is 5. The number of aromatic nitrogens is 5. The van der Waals surface area contributed by atoms with E-state index in [0.29, 0.717) is 15.9 Å². The molecule has 4 rings (SSSR count). The van der Waals surface area contributed by atoms with Gasteiger partial charge in [-0.3, -0.25) is 18.7 Å². The highest BCUT2D eigenvalue weighted by atomic mass is 35.5. The Kier molecular flexibility index (Phi) is 4.81. The average Bonchev–Trinajstić information content (AvgIpc) is 3.24. The number of nitrogens with zero attached hydrogens (tertiary/aromatic N) is 5. The van der Waals surface area contributed by atoms with Crippen molar-refractivity contribution in [2.75, 3.05) is 0 Å². The van der Waals surface area contributed by atoms with E-state index in [1.54, 1.807) is 31.2 Å². The SMILES string of the molecule is CCn1c(=O)n(Cc2cc3c(Cl)cccc3n2C(=O)O)c(=O)c2c1nc(C(C)=O)n2C. The molecule has 0 spiro atoms. The number of fused-ring (bicyclic) bond motifs is 2. The summed E-state index contributed by atoms with van der Waals surface area (Å²) in [5.41, 5.74) is -0.571. The standard InChI is InChI=1S/C20H18ClN5O5/c1-4-24-17-15(23(3)16(22-17)10(2)27)18(28)25(19(24)29)9-11-8-12-13(21)6-5-7-14(12)26(11)20(30)31/h5-8H,4,9H2,1-3H3,(H,30,31). The summed E-state index contributed by atoms with van der Waals surface area (Å²) >= 11 is 6.21. The second kappa shape index (κ2) is 7.24. The van der Waals surface area contributed by atoms with Crippen LogP contribution in [0.3, 0.4) is 0 Å². The smallest absolute Gasteiger partial charge is 0.416 e. The number of Topliss-reactive ketones (excluding diaryl/α,β-unsaturated/α-hetero) is 1. The normalized spacial score (nSPS) is 11.5. The second-order valence-electron chi connectivity index (χ2n) is 7.07. The minimum atomic E-state index is -1.27. The molecular formula is C20H18ClN5O5. The minimum absolute atomic E-state index is 0.0536. The Morgan fingerprint density at radius 2 is 1.90 bits per heavy atom. The number of carboxylic acid groups (broad SMARTS) is 1. The Hall–Kier alpha value is -3.66. The monoisotopic (exact) mass is 443 g/mol. The van der Waals surface area contributed by atoms with E-state index >= 15 is 0 Å². The van der Waals surface area contributed by atoms with Gasteiger partial charge < -0.3 is 9.67 Å². The fourth-order valence-electron chi connectivity index (χ4n) is 3.86. The Morgan fingerprint density at radius 1 is 1.19 bits per heavy atom. The van der Waals surface area contributed by atoms with Crippen molar-refractivity contribution in [1.29, 1.82) is 0 Å². The van der Waals surface area contributed by atoms with Crippen LogP contribution in [0.5, 0.6) is 0 Å². The summed E-state index contributed by atoms with van der Waals surface area (Å²) in [6.45, 7) is 2.94. The molecule has 0 amide bonds. The highest BCUT2D eigenvalue weighted by Gasteiger charge is 2.23. The van der Waals surface area contributed by atoms with Crippen LogP contribution >= 0.6 is 11.6 Å². The third-order valence-electron chi connectivity index (χ3n) is 5.25. The maximum Gasteiger partial charge on any atom is 0.416 e. The largest absolute Gasteiger partial charge is 0.464 e. The van der Waals surface area contributed by atoms with Crippen molar-refractivity contribution in [3.05, 3.63) is 61.6 Å². The van der Waals surface area contributed by atoms with Gasteiger partial charge in [-0.15, -0.1) is 0 Å². The summed E-state index contributed by atoms with van der Waals surface area (Å²) in [5, 5.41) is 10.6. The number of imidazole rings is 1. The fourth-order valence-corrected chi connectivity index (χ4v) is 4.08. The van der Waals surface area contributed by atoms with Crippen molar-refractivity contribution in [2.45, 2.75) is 26.9 Å². The number of aryl methyl sites for hydroxylation is 2. The highest BCUT2D eigenvalue weighted by molar-refractivity contribution is 6.35. The molecule has 11 heteroatoms. The summed E-state index contributed by atoms with van der Waals surface area (Å²) in [4.78, 5) is 54.4. The lowest BCUT2D eigenvalue weighted by atomic mass is 10.2. The maximum atomic E-state index is 13.2. The molecule has 3 aromatic heterocycles. The first kappa shape index (κ1) is 20.6. The van der Waals surface area contributed by atoms with Crippen LogP contribution in [0.1, 0.15) is 30.2 Å². The molecule has 160 valence electrons. The summed E-state index contributed by atoms with van der Waals surface area (Å²) in [7, 11) is 1.52. The molecule has 10 nitrogen and oxygen atoms in total. The summed E-state index contributed by atoms with van der Waals surface area (Å²) in [6.07, 6.45) is -1.27. The Morgan fingerprint density at radius 3 is 2.52 bits per heavy atom. The molecule has 3 heterocycles. The van der Waals surface area contributed by atoms with E-state index < -0.39 is 17.3 Å². The first-order valence-corrected chi connectivity index (χ1v) is 9.78. The van der Waals surface area contributed by atoms with Gasteiger partial charge in [-0.25, -0.2) is 19.1 Å². The van der Waals surface area contributed by atoms with Gasteiger partial charge in [0.05, 0.1) is 17.8 Å². The van der Waals surface area contributed by atoms with Crippen LogP contribution in [-0.2, 0) is 20.1 Å². The molecule has 0 aliphatic heterocycles. The predicted molar refractivity (Wildman–Crippen MR) is 114 cm³/mol. The van der Waals surface area contributed by atoms with Gasteiger partial charge >= 0.3 is 11.8 Å². The van der Waals surface area contributed by atoms with Gasteiger partial charge in [-0.2, -0.15) is 0 Å². The van der Waals surface area contributed by atoms with Crippen LogP contribution in [0, 0.1) is 0 Å². The van der Waals surface area contributed by atoms with Crippen molar-refractivity contribution in [3.8, 4) is 0 Å². The van der Waals surface area contributed by atoms with E-state index in [1.165, 1.54) is 23.1 Å². The van der Waals surface area contributed by atoms with Gasteiger partial charge in [-0.1, -0.05) is 17.7 Å². The molecule has 0 fully saturated rings. The quantitative estimate of drug-likeness (QED) is 0.483. The van der Waals surface area contributed by atoms with Gasteiger partial charge in [0.15, 0.2) is 22.8 Å². The number of halogens is 1.